The molecule has 0 saturated heterocycles. The van der Waals surface area contributed by atoms with Crippen LogP contribution in [0.3, 0.4) is 0 Å². The Bertz CT molecular complexity index is 8230. The summed E-state index contributed by atoms with van der Waals surface area (Å²) in [5, 5.41) is 15.9. The normalized spacial score (nSPS) is 11.8. The van der Waals surface area contributed by atoms with Crippen LogP contribution in [0.1, 0.15) is 0 Å². The maximum atomic E-state index is 6.48. The van der Waals surface area contributed by atoms with Crippen molar-refractivity contribution in [1.29, 1.82) is 0 Å². The van der Waals surface area contributed by atoms with E-state index in [4.69, 9.17) is 43.7 Å². The predicted molar refractivity (Wildman–Crippen MR) is 502 cm³/mol. The first-order chi connectivity index (χ1) is 60.5. The van der Waals surface area contributed by atoms with Crippen LogP contribution in [0.15, 0.2) is 409 Å². The second-order valence-electron chi connectivity index (χ2n) is 30.5. The number of furan rings is 2. The van der Waals surface area contributed by atoms with E-state index in [-0.39, 0.29) is 0 Å². The number of hydrogen-bond donors (Lipinski definition) is 0. The van der Waals surface area contributed by atoms with E-state index in [0.717, 1.165) is 154 Å². The minimum absolute atomic E-state index is 0.569. The number of rotatable bonds is 9. The van der Waals surface area contributed by atoms with Crippen molar-refractivity contribution >= 4 is 163 Å². The van der Waals surface area contributed by atoms with Crippen LogP contribution in [0.4, 0.5) is 0 Å². The molecule has 122 heavy (non-hydrogen) atoms. The Kier molecular flexibility index (Phi) is 16.5. The Morgan fingerprint density at radius 3 is 0.959 bits per heavy atom. The number of para-hydroxylation sites is 7. The van der Waals surface area contributed by atoms with Crippen molar-refractivity contribution in [3.05, 3.63) is 400 Å². The Balaban J connectivity index is 0.000000104. The second kappa shape index (κ2) is 28.8. The van der Waals surface area contributed by atoms with Gasteiger partial charge in [-0.2, -0.15) is 9.97 Å². The van der Waals surface area contributed by atoms with E-state index in [1.807, 2.05) is 139 Å². The number of aromatic nitrogens is 10. The van der Waals surface area contributed by atoms with E-state index in [2.05, 4.69) is 287 Å². The zero-order chi connectivity index (χ0) is 80.3. The summed E-state index contributed by atoms with van der Waals surface area (Å²) in [5.41, 5.74) is 22.3. The van der Waals surface area contributed by atoms with Gasteiger partial charge in [0.05, 0.1) is 66.3 Å². The van der Waals surface area contributed by atoms with Crippen LogP contribution < -0.4 is 0 Å². The lowest BCUT2D eigenvalue weighted by atomic mass is 10.0. The highest BCUT2D eigenvalue weighted by Gasteiger charge is 2.26. The molecule has 0 spiro atoms. The van der Waals surface area contributed by atoms with Gasteiger partial charge in [0.25, 0.3) is 0 Å². The summed E-state index contributed by atoms with van der Waals surface area (Å²) in [6.07, 6.45) is 0. The van der Waals surface area contributed by atoms with Crippen molar-refractivity contribution in [2.24, 2.45) is 0 Å². The molecule has 12 nitrogen and oxygen atoms in total. The van der Waals surface area contributed by atoms with Gasteiger partial charge in [-0.1, -0.05) is 322 Å². The van der Waals surface area contributed by atoms with Gasteiger partial charge < -0.3 is 8.83 Å². The van der Waals surface area contributed by atoms with Crippen molar-refractivity contribution < 1.29 is 8.83 Å². The van der Waals surface area contributed by atoms with E-state index in [9.17, 15) is 0 Å². The minimum atomic E-state index is 0.569. The number of nitrogens with zero attached hydrogens (tertiary/aromatic N) is 10. The van der Waals surface area contributed by atoms with Crippen molar-refractivity contribution in [2.45, 2.75) is 0 Å². The van der Waals surface area contributed by atoms with Gasteiger partial charge >= 0.3 is 0 Å². The number of thiophene rings is 1. The molecule has 0 aliphatic heterocycles. The third-order valence-corrected chi connectivity index (χ3v) is 24.7. The molecule has 570 valence electrons. The zero-order valence-corrected chi connectivity index (χ0v) is 66.1. The maximum absolute atomic E-state index is 6.48. The summed E-state index contributed by atoms with van der Waals surface area (Å²) in [5.74, 6) is 3.15. The molecule has 0 fully saturated rings. The van der Waals surface area contributed by atoms with Gasteiger partial charge in [-0.3, -0.25) is 13.7 Å². The van der Waals surface area contributed by atoms with Crippen LogP contribution in [-0.2, 0) is 0 Å². The minimum Gasteiger partial charge on any atom is -0.455 e. The van der Waals surface area contributed by atoms with Gasteiger partial charge in [0.2, 0.25) is 17.8 Å². The van der Waals surface area contributed by atoms with E-state index in [1.165, 1.54) is 53.2 Å². The zero-order valence-electron chi connectivity index (χ0n) is 65.3. The lowest BCUT2D eigenvalue weighted by Crippen LogP contribution is -2.06. The molecule has 26 rings (SSSR count). The van der Waals surface area contributed by atoms with Crippen LogP contribution in [0.25, 0.3) is 237 Å². The Hall–Kier alpha value is -16.4. The van der Waals surface area contributed by atoms with Crippen molar-refractivity contribution in [1.82, 2.24) is 48.6 Å². The summed E-state index contributed by atoms with van der Waals surface area (Å²) in [6, 6.07) is 139. The fraction of sp³-hybridized carbons (Fsp3) is 0. The van der Waals surface area contributed by atoms with E-state index < -0.39 is 0 Å². The highest BCUT2D eigenvalue weighted by molar-refractivity contribution is 7.26. The highest BCUT2D eigenvalue weighted by atomic mass is 32.1. The lowest BCUT2D eigenvalue weighted by molar-refractivity contribution is 0.672. The standard InChI is InChI=1S/C38H23N3O.C38H23N3S.C33H20N4O/c2*1-2-10-24(11-3-1)25-18-20-26(21-19-25)36-29-13-4-7-15-31(29)39-38(40-36)41-32-16-8-5-14-30(32)35-33(41)23-22-28-27-12-6-9-17-34(27)42-37(28)35;1-3-11-21(12-4-1)31-34-32(22-13-5-2-6-14-22)36-33(35-31)37-26-17-9-7-16-25(26)29-27(37)20-19-24-23-15-8-10-18-28(23)38-30(24)29/h2*1-23H;1-20H. The molecule has 0 aliphatic carbocycles. The largest absolute Gasteiger partial charge is 0.455 e. The van der Waals surface area contributed by atoms with Crippen molar-refractivity contribution in [3.63, 3.8) is 0 Å². The van der Waals surface area contributed by atoms with Gasteiger partial charge in [0, 0.05) is 96.3 Å². The summed E-state index contributed by atoms with van der Waals surface area (Å²) in [6.45, 7) is 0. The molecule has 26 aromatic rings. The van der Waals surface area contributed by atoms with Crippen LogP contribution >= 0.6 is 11.3 Å². The molecule has 0 radical (unpaired) electrons. The van der Waals surface area contributed by atoms with E-state index >= 15 is 0 Å². The topological polar surface area (TPSA) is 131 Å². The van der Waals surface area contributed by atoms with Crippen LogP contribution in [0.5, 0.6) is 0 Å². The van der Waals surface area contributed by atoms with E-state index in [0.29, 0.717) is 29.5 Å². The van der Waals surface area contributed by atoms with Gasteiger partial charge in [-0.05, 0) is 101 Å². The maximum Gasteiger partial charge on any atom is 0.238 e. The molecule has 0 atom stereocenters. The first-order valence-electron chi connectivity index (χ1n) is 40.8. The van der Waals surface area contributed by atoms with E-state index in [1.54, 1.807) is 0 Å². The molecular weight excluding hydrogens is 1510 g/mol. The quantitative estimate of drug-likeness (QED) is 0.139. The predicted octanol–water partition coefficient (Wildman–Crippen LogP) is 28.6. The average molecular weight is 1580 g/mol. The molecule has 0 aliphatic rings. The Labute approximate surface area is 701 Å². The fourth-order valence-corrected chi connectivity index (χ4v) is 19.2. The molecule has 13 heteroatoms. The van der Waals surface area contributed by atoms with Crippen molar-refractivity contribution in [3.8, 4) is 85.4 Å². The SMILES string of the molecule is c1ccc(-c2ccc(-c3nc(-n4c5ccccc5c5c6oc7ccccc7c6ccc54)nc4ccccc34)cc2)cc1.c1ccc(-c2ccc(-c3nc(-n4c5ccccc5c5c6sc7ccccc7c6ccc54)nc4ccccc34)cc2)cc1.c1ccc(-c2nc(-c3ccccc3)nc(-n3c4ccccc4c4c5oc6ccccc6c5ccc43)n2)cc1. The summed E-state index contributed by atoms with van der Waals surface area (Å²) in [7, 11) is 0. The molecule has 0 amide bonds. The Morgan fingerprint density at radius 2 is 0.516 bits per heavy atom. The molecule has 0 bridgehead atoms. The van der Waals surface area contributed by atoms with Gasteiger partial charge in [-0.25, -0.2) is 24.9 Å². The number of benzene rings is 17. The highest BCUT2D eigenvalue weighted by Crippen LogP contribution is 2.47. The van der Waals surface area contributed by atoms with Gasteiger partial charge in [-0.15, -0.1) is 11.3 Å². The molecular formula is C109H66N10O2S. The summed E-state index contributed by atoms with van der Waals surface area (Å²) >= 11 is 1.86. The lowest BCUT2D eigenvalue weighted by Gasteiger charge is -2.12. The number of fused-ring (bicyclic) bond motifs is 23. The number of hydrogen-bond acceptors (Lipinski definition) is 10. The second-order valence-corrected chi connectivity index (χ2v) is 31.6. The summed E-state index contributed by atoms with van der Waals surface area (Å²) in [4.78, 5) is 35.7. The smallest absolute Gasteiger partial charge is 0.238 e. The first-order valence-corrected chi connectivity index (χ1v) is 41.6. The Morgan fingerprint density at radius 1 is 0.197 bits per heavy atom. The molecule has 0 saturated carbocycles. The fourth-order valence-electron chi connectivity index (χ4n) is 17.9. The first kappa shape index (κ1) is 69.9. The molecule has 9 aromatic heterocycles. The average Bonchev–Trinajstić information content (AvgIpc) is 1.58. The van der Waals surface area contributed by atoms with Crippen LogP contribution in [0, 0.1) is 0 Å². The molecule has 9 heterocycles. The van der Waals surface area contributed by atoms with Crippen LogP contribution in [-0.4, -0.2) is 48.6 Å². The third kappa shape index (κ3) is 11.6. The van der Waals surface area contributed by atoms with Crippen molar-refractivity contribution in [2.75, 3.05) is 0 Å². The molecule has 0 unspecified atom stereocenters. The van der Waals surface area contributed by atoms with Crippen LogP contribution in [0.2, 0.25) is 0 Å². The molecule has 0 N–H and O–H groups in total. The third-order valence-electron chi connectivity index (χ3n) is 23.5. The molecule has 17 aromatic carbocycles. The van der Waals surface area contributed by atoms with Gasteiger partial charge in [0.15, 0.2) is 11.6 Å². The van der Waals surface area contributed by atoms with Gasteiger partial charge in [0.1, 0.15) is 22.3 Å². The summed E-state index contributed by atoms with van der Waals surface area (Å²) < 4.78 is 22.1. The monoisotopic (exact) mass is 1580 g/mol.